The first kappa shape index (κ1) is 38.8. The minimum Gasteiger partial charge on any atom is -0.507 e. The summed E-state index contributed by atoms with van der Waals surface area (Å²) in [6.07, 6.45) is 1.03. The van der Waals surface area contributed by atoms with Gasteiger partial charge in [0, 0.05) is 48.6 Å². The van der Waals surface area contributed by atoms with E-state index in [0.29, 0.717) is 68.3 Å². The van der Waals surface area contributed by atoms with Crippen molar-refractivity contribution in [1.29, 1.82) is 0 Å². The highest BCUT2D eigenvalue weighted by molar-refractivity contribution is 5.96. The van der Waals surface area contributed by atoms with E-state index >= 15 is 0 Å². The zero-order valence-corrected chi connectivity index (χ0v) is 29.5. The average Bonchev–Trinajstić information content (AvgIpc) is 3.19. The number of ketones is 1. The number of hydrogen-bond donors (Lipinski definition) is 5. The molecule has 0 unspecified atom stereocenters. The summed E-state index contributed by atoms with van der Waals surface area (Å²) in [6, 6.07) is 26.0. The summed E-state index contributed by atoms with van der Waals surface area (Å²) < 4.78 is 29.2. The van der Waals surface area contributed by atoms with E-state index in [1.165, 1.54) is 31.4 Å². The zero-order valence-electron chi connectivity index (χ0n) is 29.5. The molecule has 0 atom stereocenters. The van der Waals surface area contributed by atoms with Crippen LogP contribution in [0, 0.1) is 5.82 Å². The van der Waals surface area contributed by atoms with Crippen LogP contribution in [-0.4, -0.2) is 77.8 Å². The van der Waals surface area contributed by atoms with Gasteiger partial charge in [-0.2, -0.15) is 15.0 Å². The van der Waals surface area contributed by atoms with Crippen molar-refractivity contribution in [3.8, 4) is 5.75 Å². The molecule has 0 aliphatic heterocycles. The first-order valence-electron chi connectivity index (χ1n) is 17.1. The van der Waals surface area contributed by atoms with E-state index in [2.05, 4.69) is 36.2 Å². The first-order valence-corrected chi connectivity index (χ1v) is 17.1. The van der Waals surface area contributed by atoms with Crippen LogP contribution in [0.15, 0.2) is 97.1 Å². The lowest BCUT2D eigenvalue weighted by molar-refractivity contribution is 0.0497. The number of rotatable bonds is 20. The molecule has 5 aromatic rings. The van der Waals surface area contributed by atoms with Crippen molar-refractivity contribution in [3.63, 3.8) is 0 Å². The Morgan fingerprint density at radius 2 is 1.37 bits per heavy atom. The monoisotopic (exact) mass is 737 g/mol. The van der Waals surface area contributed by atoms with Gasteiger partial charge in [0.1, 0.15) is 17.1 Å². The van der Waals surface area contributed by atoms with Crippen molar-refractivity contribution in [2.75, 3.05) is 56.0 Å². The third-order valence-electron chi connectivity index (χ3n) is 7.75. The number of nitrogens with zero attached hydrogens (tertiary/aromatic N) is 3. The number of aromatic nitrogens is 3. The Morgan fingerprint density at radius 3 is 2.07 bits per heavy atom. The topological polar surface area (TPSA) is 186 Å². The number of aromatic hydroxyl groups is 1. The lowest BCUT2D eigenvalue weighted by atomic mass is 10.1. The fraction of sp³-hybridized carbons (Fsp3) is 0.231. The van der Waals surface area contributed by atoms with E-state index in [0.717, 1.165) is 5.56 Å². The second-order valence-corrected chi connectivity index (χ2v) is 11.7. The van der Waals surface area contributed by atoms with Crippen LogP contribution in [0.2, 0.25) is 0 Å². The van der Waals surface area contributed by atoms with Crippen LogP contribution in [0.3, 0.4) is 0 Å². The normalized spacial score (nSPS) is 10.7. The number of phenolic OH excluding ortho intramolecular Hbond substituents is 1. The highest BCUT2D eigenvalue weighted by atomic mass is 19.1. The van der Waals surface area contributed by atoms with Crippen molar-refractivity contribution in [2.45, 2.75) is 19.4 Å². The number of esters is 1. The van der Waals surface area contributed by atoms with Gasteiger partial charge < -0.3 is 40.6 Å². The van der Waals surface area contributed by atoms with Gasteiger partial charge in [0.05, 0.1) is 26.9 Å². The highest BCUT2D eigenvalue weighted by Gasteiger charge is 2.14. The van der Waals surface area contributed by atoms with Crippen molar-refractivity contribution in [1.82, 2.24) is 20.3 Å². The number of nitrogens with one attached hydrogen (secondary N) is 4. The predicted molar refractivity (Wildman–Crippen MR) is 200 cm³/mol. The Morgan fingerprint density at radius 1 is 0.722 bits per heavy atom. The third kappa shape index (κ3) is 12.1. The lowest BCUT2D eigenvalue weighted by Crippen LogP contribution is -2.22. The molecule has 15 heteroatoms. The lowest BCUT2D eigenvalue weighted by Gasteiger charge is -2.13. The Bertz CT molecular complexity index is 2000. The molecule has 0 spiro atoms. The number of carbonyl (C=O) groups is 3. The maximum Gasteiger partial charge on any atom is 0.341 e. The number of halogens is 1. The Kier molecular flexibility index (Phi) is 14.3. The number of anilines is 5. The fourth-order valence-electron chi connectivity index (χ4n) is 4.96. The second-order valence-electron chi connectivity index (χ2n) is 11.7. The molecule has 0 saturated carbocycles. The molecule has 4 aromatic carbocycles. The molecule has 5 N–H and O–H groups in total. The molecule has 1 amide bonds. The minimum absolute atomic E-state index is 0.0446. The number of ether oxygens (including phenoxy) is 3. The molecule has 0 aliphatic carbocycles. The molecular formula is C39H40FN7O7. The number of carbonyl (C=O) groups excluding carboxylic acids is 3. The number of benzene rings is 4. The second kappa shape index (κ2) is 20.0. The SMILES string of the molecule is COC(=O)c1cc(Nc2nc(NCCOCCOCCCC(=O)c3ccccc3)nc(Nc3ccc(C(=O)NCc4ccc(F)cc4)cc3)n2)ccc1O. The molecule has 0 bridgehead atoms. The van der Waals surface area contributed by atoms with Crippen LogP contribution in [-0.2, 0) is 20.8 Å². The number of methoxy groups -OCH3 is 1. The smallest absolute Gasteiger partial charge is 0.341 e. The summed E-state index contributed by atoms with van der Waals surface area (Å²) in [5.74, 6) is -1.03. The maximum absolute atomic E-state index is 13.2. The van der Waals surface area contributed by atoms with Crippen LogP contribution in [0.5, 0.6) is 5.75 Å². The van der Waals surface area contributed by atoms with Gasteiger partial charge >= 0.3 is 5.97 Å². The van der Waals surface area contributed by atoms with Gasteiger partial charge in [-0.1, -0.05) is 42.5 Å². The standard InChI is InChI=1S/C39H40FN7O7/c1-52-36(51)32-24-31(17-18-34(32)49)44-39-46-37(41-19-21-54-23-22-53-20-5-8-33(48)27-6-3-2-4-7-27)45-38(47-39)43-30-15-11-28(12-16-30)35(50)42-25-26-9-13-29(40)14-10-26/h2-4,6-7,9-18,24,49H,5,8,19-23,25H2,1H3,(H,42,50)(H3,41,43,44,45,46,47). The first-order chi connectivity index (χ1) is 26.3. The molecule has 0 saturated heterocycles. The van der Waals surface area contributed by atoms with Gasteiger partial charge in [-0.05, 0) is 66.6 Å². The molecule has 0 aliphatic rings. The van der Waals surface area contributed by atoms with E-state index in [1.807, 2.05) is 18.2 Å². The quantitative estimate of drug-likeness (QED) is 0.0270. The van der Waals surface area contributed by atoms with Crippen molar-refractivity contribution >= 4 is 46.9 Å². The van der Waals surface area contributed by atoms with Crippen LogP contribution < -0.4 is 21.3 Å². The van der Waals surface area contributed by atoms with Gasteiger partial charge in [0.25, 0.3) is 5.91 Å². The molecule has 14 nitrogen and oxygen atoms in total. The molecule has 1 aromatic heterocycles. The molecule has 280 valence electrons. The van der Waals surface area contributed by atoms with Crippen LogP contribution in [0.25, 0.3) is 0 Å². The van der Waals surface area contributed by atoms with Crippen molar-refractivity contribution < 1.29 is 38.1 Å². The van der Waals surface area contributed by atoms with E-state index in [4.69, 9.17) is 14.2 Å². The number of Topliss-reactive ketones (excluding diaryl/α,β-unsaturated/α-hetero) is 1. The molecule has 5 rings (SSSR count). The van der Waals surface area contributed by atoms with Crippen LogP contribution >= 0.6 is 0 Å². The van der Waals surface area contributed by atoms with Gasteiger partial charge in [-0.15, -0.1) is 0 Å². The van der Waals surface area contributed by atoms with Crippen molar-refractivity contribution in [3.05, 3.63) is 125 Å². The summed E-state index contributed by atoms with van der Waals surface area (Å²) in [5, 5.41) is 22.2. The summed E-state index contributed by atoms with van der Waals surface area (Å²) in [6.45, 7) is 2.10. The van der Waals surface area contributed by atoms with Gasteiger partial charge in [-0.25, -0.2) is 9.18 Å². The fourth-order valence-corrected chi connectivity index (χ4v) is 4.96. The largest absolute Gasteiger partial charge is 0.507 e. The number of phenols is 1. The number of hydrogen-bond acceptors (Lipinski definition) is 13. The number of amides is 1. The van der Waals surface area contributed by atoms with E-state index < -0.39 is 5.97 Å². The summed E-state index contributed by atoms with van der Waals surface area (Å²) >= 11 is 0. The zero-order chi connectivity index (χ0) is 38.1. The molecular weight excluding hydrogens is 697 g/mol. The Labute approximate surface area is 311 Å². The summed E-state index contributed by atoms with van der Waals surface area (Å²) in [4.78, 5) is 50.4. The van der Waals surface area contributed by atoms with Gasteiger partial charge in [-0.3, -0.25) is 9.59 Å². The van der Waals surface area contributed by atoms with E-state index in [1.54, 1.807) is 54.6 Å². The van der Waals surface area contributed by atoms with Crippen molar-refractivity contribution in [2.24, 2.45) is 0 Å². The summed E-state index contributed by atoms with van der Waals surface area (Å²) in [7, 11) is 1.21. The summed E-state index contributed by atoms with van der Waals surface area (Å²) in [5.41, 5.74) is 2.82. The molecule has 1 heterocycles. The Balaban J connectivity index is 1.15. The van der Waals surface area contributed by atoms with Gasteiger partial charge in [0.2, 0.25) is 17.8 Å². The Hall–Kier alpha value is -6.45. The minimum atomic E-state index is -0.715. The molecule has 54 heavy (non-hydrogen) atoms. The highest BCUT2D eigenvalue weighted by Crippen LogP contribution is 2.25. The average molecular weight is 738 g/mol. The maximum atomic E-state index is 13.2. The van der Waals surface area contributed by atoms with Gasteiger partial charge in [0.15, 0.2) is 5.78 Å². The molecule has 0 fully saturated rings. The van der Waals surface area contributed by atoms with Crippen LogP contribution in [0.1, 0.15) is 49.5 Å². The third-order valence-corrected chi connectivity index (χ3v) is 7.75. The van der Waals surface area contributed by atoms with E-state index in [-0.39, 0.29) is 53.2 Å². The predicted octanol–water partition coefficient (Wildman–Crippen LogP) is 6.03. The van der Waals surface area contributed by atoms with E-state index in [9.17, 15) is 23.9 Å². The molecule has 0 radical (unpaired) electrons. The van der Waals surface area contributed by atoms with Crippen LogP contribution in [0.4, 0.5) is 33.6 Å².